The predicted molar refractivity (Wildman–Crippen MR) is 103 cm³/mol. The van der Waals surface area contributed by atoms with Gasteiger partial charge in [0.15, 0.2) is 0 Å². The number of ether oxygens (including phenoxy) is 1. The molecule has 1 aliphatic heterocycles. The molecular weight excluding hydrogens is 340 g/mol. The van der Waals surface area contributed by atoms with Crippen LogP contribution in [0.1, 0.15) is 22.8 Å². The molecule has 0 saturated carbocycles. The summed E-state index contributed by atoms with van der Waals surface area (Å²) in [4.78, 5) is 21.4. The van der Waals surface area contributed by atoms with Crippen molar-refractivity contribution in [2.45, 2.75) is 6.92 Å². The molecule has 0 atom stereocenters. The Hall–Kier alpha value is -2.75. The molecule has 6 nitrogen and oxygen atoms in total. The molecule has 140 valence electrons. The molecule has 0 N–H and O–H groups in total. The summed E-state index contributed by atoms with van der Waals surface area (Å²) >= 11 is 0. The maximum atomic E-state index is 12.9. The topological polar surface area (TPSA) is 69.5 Å². The van der Waals surface area contributed by atoms with Gasteiger partial charge in [0.05, 0.1) is 17.9 Å². The van der Waals surface area contributed by atoms with Crippen molar-refractivity contribution in [1.82, 2.24) is 14.8 Å². The zero-order valence-electron chi connectivity index (χ0n) is 15.6. The average Bonchev–Trinajstić information content (AvgIpc) is 2.74. The van der Waals surface area contributed by atoms with E-state index >= 15 is 0 Å². The van der Waals surface area contributed by atoms with Gasteiger partial charge >= 0.3 is 0 Å². The maximum Gasteiger partial charge on any atom is 0.253 e. The van der Waals surface area contributed by atoms with Crippen LogP contribution in [0.4, 0.5) is 0 Å². The van der Waals surface area contributed by atoms with Gasteiger partial charge in [-0.05, 0) is 31.2 Å². The van der Waals surface area contributed by atoms with Gasteiger partial charge in [-0.3, -0.25) is 14.7 Å². The second kappa shape index (κ2) is 9.26. The van der Waals surface area contributed by atoms with E-state index < -0.39 is 0 Å². The van der Waals surface area contributed by atoms with Gasteiger partial charge in [-0.1, -0.05) is 12.1 Å². The van der Waals surface area contributed by atoms with Crippen LogP contribution in [-0.4, -0.2) is 66.6 Å². The molecule has 2 heterocycles. The van der Waals surface area contributed by atoms with Crippen LogP contribution in [0, 0.1) is 11.3 Å². The fourth-order valence-electron chi connectivity index (χ4n) is 3.22. The molecule has 3 rings (SSSR count). The third-order valence-electron chi connectivity index (χ3n) is 4.73. The van der Waals surface area contributed by atoms with Crippen molar-refractivity contribution in [3.63, 3.8) is 0 Å². The summed E-state index contributed by atoms with van der Waals surface area (Å²) in [5, 5.41) is 9.29. The molecule has 2 aromatic rings. The Kier molecular flexibility index (Phi) is 6.53. The number of pyridine rings is 1. The summed E-state index contributed by atoms with van der Waals surface area (Å²) in [6.07, 6.45) is 1.66. The molecule has 27 heavy (non-hydrogen) atoms. The van der Waals surface area contributed by atoms with Crippen LogP contribution >= 0.6 is 0 Å². The van der Waals surface area contributed by atoms with E-state index in [0.717, 1.165) is 38.4 Å². The van der Waals surface area contributed by atoms with Gasteiger partial charge in [-0.25, -0.2) is 0 Å². The van der Waals surface area contributed by atoms with Crippen LogP contribution in [0.5, 0.6) is 0 Å². The van der Waals surface area contributed by atoms with Crippen LogP contribution in [0.15, 0.2) is 42.6 Å². The van der Waals surface area contributed by atoms with E-state index in [-0.39, 0.29) is 5.91 Å². The van der Waals surface area contributed by atoms with Crippen molar-refractivity contribution in [3.8, 4) is 17.3 Å². The Morgan fingerprint density at radius 3 is 2.78 bits per heavy atom. The number of carbonyl (C=O) groups excluding carboxylic acids is 1. The summed E-state index contributed by atoms with van der Waals surface area (Å²) in [7, 11) is 0. The van der Waals surface area contributed by atoms with Crippen molar-refractivity contribution in [3.05, 3.63) is 53.7 Å². The highest BCUT2D eigenvalue weighted by Crippen LogP contribution is 2.22. The Balaban J connectivity index is 1.67. The second-order valence-corrected chi connectivity index (χ2v) is 6.42. The highest BCUT2D eigenvalue weighted by molar-refractivity contribution is 5.95. The molecule has 1 aromatic carbocycles. The third-order valence-corrected chi connectivity index (χ3v) is 4.73. The Labute approximate surface area is 160 Å². The molecule has 1 aliphatic rings. The SMILES string of the molecule is CCOCCN1CCN(C(=O)c2cccc(-c3ncccc3C#N)c2)CC1. The first-order valence-corrected chi connectivity index (χ1v) is 9.28. The summed E-state index contributed by atoms with van der Waals surface area (Å²) in [6, 6.07) is 13.0. The van der Waals surface area contributed by atoms with Crippen LogP contribution in [-0.2, 0) is 4.74 Å². The standard InChI is InChI=1S/C21H24N4O2/c1-2-27-14-13-24-9-11-25(12-10-24)21(26)18-6-3-5-17(15-18)20-19(16-22)7-4-8-23-20/h3-8,15H,2,9-14H2,1H3. The number of hydrogen-bond acceptors (Lipinski definition) is 5. The van der Waals surface area contributed by atoms with Gasteiger partial charge in [0.1, 0.15) is 6.07 Å². The van der Waals surface area contributed by atoms with E-state index in [1.807, 2.05) is 36.1 Å². The summed E-state index contributed by atoms with van der Waals surface area (Å²) in [6.45, 7) is 7.51. The summed E-state index contributed by atoms with van der Waals surface area (Å²) in [5.74, 6) is 0.0238. The number of nitriles is 1. The van der Waals surface area contributed by atoms with E-state index in [1.165, 1.54) is 0 Å². The molecule has 0 radical (unpaired) electrons. The molecule has 0 bridgehead atoms. The molecule has 0 spiro atoms. The van der Waals surface area contributed by atoms with Crippen molar-refractivity contribution in [2.24, 2.45) is 0 Å². The molecular formula is C21H24N4O2. The molecule has 0 unspecified atom stereocenters. The van der Waals surface area contributed by atoms with E-state index in [4.69, 9.17) is 4.74 Å². The van der Waals surface area contributed by atoms with Crippen LogP contribution in [0.2, 0.25) is 0 Å². The molecule has 1 saturated heterocycles. The van der Waals surface area contributed by atoms with Crippen molar-refractivity contribution in [1.29, 1.82) is 5.26 Å². The number of carbonyl (C=O) groups is 1. The lowest BCUT2D eigenvalue weighted by molar-refractivity contribution is 0.0565. The van der Waals surface area contributed by atoms with E-state index in [2.05, 4.69) is 16.0 Å². The Morgan fingerprint density at radius 2 is 2.04 bits per heavy atom. The van der Waals surface area contributed by atoms with Crippen LogP contribution in [0.3, 0.4) is 0 Å². The predicted octanol–water partition coefficient (Wildman–Crippen LogP) is 2.41. The number of piperazine rings is 1. The van der Waals surface area contributed by atoms with E-state index in [9.17, 15) is 10.1 Å². The van der Waals surface area contributed by atoms with Crippen molar-refractivity contribution in [2.75, 3.05) is 45.9 Å². The van der Waals surface area contributed by atoms with E-state index in [0.29, 0.717) is 29.9 Å². The molecule has 1 amide bonds. The van der Waals surface area contributed by atoms with Gasteiger partial charge in [-0.15, -0.1) is 0 Å². The molecule has 1 fully saturated rings. The smallest absolute Gasteiger partial charge is 0.253 e. The summed E-state index contributed by atoms with van der Waals surface area (Å²) < 4.78 is 5.40. The summed E-state index contributed by atoms with van der Waals surface area (Å²) in [5.41, 5.74) is 2.53. The fourth-order valence-corrected chi connectivity index (χ4v) is 3.22. The average molecular weight is 364 g/mol. The first-order valence-electron chi connectivity index (χ1n) is 9.28. The fraction of sp³-hybridized carbons (Fsp3) is 0.381. The van der Waals surface area contributed by atoms with Gasteiger partial charge in [-0.2, -0.15) is 5.26 Å². The first kappa shape index (κ1) is 19.0. The number of hydrogen-bond donors (Lipinski definition) is 0. The van der Waals surface area contributed by atoms with Gasteiger partial charge in [0.2, 0.25) is 0 Å². The number of amides is 1. The van der Waals surface area contributed by atoms with Gasteiger partial charge in [0, 0.05) is 56.7 Å². The number of nitrogens with zero attached hydrogens (tertiary/aromatic N) is 4. The lowest BCUT2D eigenvalue weighted by Gasteiger charge is -2.34. The number of benzene rings is 1. The minimum absolute atomic E-state index is 0.0238. The van der Waals surface area contributed by atoms with E-state index in [1.54, 1.807) is 18.3 Å². The van der Waals surface area contributed by atoms with Crippen molar-refractivity contribution >= 4 is 5.91 Å². The van der Waals surface area contributed by atoms with Crippen LogP contribution < -0.4 is 0 Å². The van der Waals surface area contributed by atoms with Gasteiger partial charge in [0.25, 0.3) is 5.91 Å². The Morgan fingerprint density at radius 1 is 1.22 bits per heavy atom. The maximum absolute atomic E-state index is 12.9. The number of rotatable bonds is 6. The second-order valence-electron chi connectivity index (χ2n) is 6.42. The monoisotopic (exact) mass is 364 g/mol. The minimum Gasteiger partial charge on any atom is -0.380 e. The molecule has 6 heteroatoms. The largest absolute Gasteiger partial charge is 0.380 e. The highest BCUT2D eigenvalue weighted by atomic mass is 16.5. The zero-order chi connectivity index (χ0) is 19.1. The lowest BCUT2D eigenvalue weighted by Crippen LogP contribution is -2.49. The van der Waals surface area contributed by atoms with Crippen LogP contribution in [0.25, 0.3) is 11.3 Å². The third kappa shape index (κ3) is 4.70. The highest BCUT2D eigenvalue weighted by Gasteiger charge is 2.22. The first-order chi connectivity index (χ1) is 13.2. The minimum atomic E-state index is 0.0238. The Bertz CT molecular complexity index is 823. The number of aromatic nitrogens is 1. The normalized spacial score (nSPS) is 14.7. The van der Waals surface area contributed by atoms with Gasteiger partial charge < -0.3 is 9.64 Å². The molecule has 0 aliphatic carbocycles. The quantitative estimate of drug-likeness (QED) is 0.736. The lowest BCUT2D eigenvalue weighted by atomic mass is 10.0. The van der Waals surface area contributed by atoms with Crippen molar-refractivity contribution < 1.29 is 9.53 Å². The zero-order valence-corrected chi connectivity index (χ0v) is 15.6. The molecule has 1 aromatic heterocycles.